The first-order valence-corrected chi connectivity index (χ1v) is 13.4. The Morgan fingerprint density at radius 1 is 1.09 bits per heavy atom. The van der Waals surface area contributed by atoms with Gasteiger partial charge in [-0.1, -0.05) is 36.7 Å². The Balaban J connectivity index is 1.14. The first-order valence-electron chi connectivity index (χ1n) is 13.4. The van der Waals surface area contributed by atoms with Gasteiger partial charge in [0.2, 0.25) is 0 Å². The summed E-state index contributed by atoms with van der Waals surface area (Å²) in [5.41, 5.74) is 3.86. The van der Waals surface area contributed by atoms with E-state index in [-0.39, 0.29) is 35.2 Å². The number of phenols is 1. The molecule has 0 aliphatic heterocycles. The molecular formula is C29H40N2O4. The van der Waals surface area contributed by atoms with Crippen molar-refractivity contribution in [1.29, 1.82) is 0 Å². The summed E-state index contributed by atoms with van der Waals surface area (Å²) in [4.78, 5) is 17.6. The van der Waals surface area contributed by atoms with Crippen molar-refractivity contribution < 1.29 is 19.8 Å². The van der Waals surface area contributed by atoms with E-state index in [0.29, 0.717) is 24.8 Å². The third-order valence-electron chi connectivity index (χ3n) is 9.98. The third kappa shape index (κ3) is 4.62. The van der Waals surface area contributed by atoms with Crippen molar-refractivity contribution in [1.82, 2.24) is 5.32 Å². The number of amides is 1. The molecule has 0 spiro atoms. The van der Waals surface area contributed by atoms with Crippen LogP contribution in [-0.4, -0.2) is 41.1 Å². The number of phenolic OH excluding ortho intramolecular Hbond substituents is 1. The minimum atomic E-state index is -0.175. The number of carbonyl (C=O) groups is 1. The first kappa shape index (κ1) is 24.4. The highest BCUT2D eigenvalue weighted by molar-refractivity contribution is 5.96. The zero-order chi connectivity index (χ0) is 24.6. The van der Waals surface area contributed by atoms with Gasteiger partial charge >= 0.3 is 0 Å². The maximum Gasteiger partial charge on any atom is 0.260 e. The van der Waals surface area contributed by atoms with Gasteiger partial charge in [0.05, 0.1) is 11.8 Å². The van der Waals surface area contributed by atoms with Crippen LogP contribution in [0.5, 0.6) is 5.75 Å². The molecule has 5 rings (SSSR count). The molecule has 6 atom stereocenters. The van der Waals surface area contributed by atoms with Crippen LogP contribution < -0.4 is 5.32 Å². The normalized spacial score (nSPS) is 37.1. The van der Waals surface area contributed by atoms with Crippen LogP contribution in [0.1, 0.15) is 70.8 Å². The van der Waals surface area contributed by atoms with Crippen LogP contribution in [0.3, 0.4) is 0 Å². The predicted molar refractivity (Wildman–Crippen MR) is 136 cm³/mol. The maximum atomic E-state index is 12.1. The topological polar surface area (TPSA) is 91.2 Å². The molecule has 4 aliphatic carbocycles. The number of aromatic hydroxyl groups is 1. The number of aliphatic hydroxyl groups excluding tert-OH is 1. The third-order valence-corrected chi connectivity index (χ3v) is 9.98. The Hall–Kier alpha value is -2.34. The molecule has 5 unspecified atom stereocenters. The second-order valence-electron chi connectivity index (χ2n) is 11.8. The smallest absolute Gasteiger partial charge is 0.260 e. The second-order valence-corrected chi connectivity index (χ2v) is 11.8. The average molecular weight is 481 g/mol. The highest BCUT2D eigenvalue weighted by Gasteiger charge is 2.58. The fourth-order valence-corrected chi connectivity index (χ4v) is 7.85. The number of nitrogens with one attached hydrogen (secondary N) is 1. The zero-order valence-corrected chi connectivity index (χ0v) is 21.1. The van der Waals surface area contributed by atoms with E-state index in [1.807, 2.05) is 12.1 Å². The molecule has 3 saturated carbocycles. The van der Waals surface area contributed by atoms with E-state index in [9.17, 15) is 15.0 Å². The number of fused-ring (bicyclic) bond motifs is 5. The van der Waals surface area contributed by atoms with Crippen LogP contribution in [0.15, 0.2) is 41.1 Å². The van der Waals surface area contributed by atoms with E-state index >= 15 is 0 Å². The number of oxime groups is 1. The van der Waals surface area contributed by atoms with Crippen molar-refractivity contribution in [2.45, 2.75) is 77.7 Å². The van der Waals surface area contributed by atoms with Crippen LogP contribution in [-0.2, 0) is 16.1 Å². The molecule has 0 saturated heterocycles. The quantitative estimate of drug-likeness (QED) is 0.513. The fraction of sp³-hybridized carbons (Fsp3) is 0.655. The molecule has 0 bridgehead atoms. The van der Waals surface area contributed by atoms with Gasteiger partial charge in [-0.05, 0) is 110 Å². The Labute approximate surface area is 208 Å². The molecule has 1 aromatic carbocycles. The molecule has 0 heterocycles. The van der Waals surface area contributed by atoms with Crippen LogP contribution in [0, 0.1) is 28.6 Å². The van der Waals surface area contributed by atoms with Gasteiger partial charge in [-0.2, -0.15) is 0 Å². The number of allylic oxidation sites excluding steroid dienone is 2. The predicted octanol–water partition coefficient (Wildman–Crippen LogP) is 4.75. The van der Waals surface area contributed by atoms with E-state index < -0.39 is 0 Å². The summed E-state index contributed by atoms with van der Waals surface area (Å²) in [5, 5.41) is 27.2. The van der Waals surface area contributed by atoms with Crippen LogP contribution >= 0.6 is 0 Å². The molecule has 0 aromatic heterocycles. The maximum absolute atomic E-state index is 12.1. The lowest BCUT2D eigenvalue weighted by atomic mass is 9.47. The summed E-state index contributed by atoms with van der Waals surface area (Å²) in [5.74, 6) is 2.17. The summed E-state index contributed by atoms with van der Waals surface area (Å²) in [6, 6.07) is 7.00. The SMILES string of the molecule is CC12CC/C(=N/OCC(=O)NCCc3ccc(O)cc3)C=C1CCC1C2CCC2(C)C1CC[C@H]2O. The lowest BCUT2D eigenvalue weighted by molar-refractivity contribution is -0.125. The summed E-state index contributed by atoms with van der Waals surface area (Å²) < 4.78 is 0. The molecule has 0 radical (unpaired) electrons. The van der Waals surface area contributed by atoms with Gasteiger partial charge in [0.1, 0.15) is 5.75 Å². The lowest BCUT2D eigenvalue weighted by Gasteiger charge is -2.57. The standard InChI is InChI=1S/C29H40N2O4/c1-28-14-11-21(31-35-18-27(34)30-16-13-19-3-6-22(32)7-4-19)17-20(28)5-8-23-24-9-10-26(33)29(24,2)15-12-25(23)28/h3-4,6-7,17,23-26,32-33H,5,8-16,18H2,1-2H3,(H,30,34)/b31-21-/t23?,24?,25?,26-,28?,29?/m1/s1. The molecule has 4 aliphatic rings. The lowest BCUT2D eigenvalue weighted by Crippen LogP contribution is -2.51. The Morgan fingerprint density at radius 2 is 1.89 bits per heavy atom. The van der Waals surface area contributed by atoms with E-state index in [1.54, 1.807) is 12.1 Å². The van der Waals surface area contributed by atoms with Gasteiger partial charge < -0.3 is 20.4 Å². The Morgan fingerprint density at radius 3 is 2.69 bits per heavy atom. The Bertz CT molecular complexity index is 1000. The van der Waals surface area contributed by atoms with Crippen LogP contribution in [0.25, 0.3) is 0 Å². The van der Waals surface area contributed by atoms with Crippen molar-refractivity contribution in [3.63, 3.8) is 0 Å². The second kappa shape index (κ2) is 9.61. The highest BCUT2D eigenvalue weighted by atomic mass is 16.6. The minimum Gasteiger partial charge on any atom is -0.508 e. The number of rotatable bonds is 6. The van der Waals surface area contributed by atoms with Gasteiger partial charge in [-0.3, -0.25) is 4.79 Å². The first-order chi connectivity index (χ1) is 16.8. The van der Waals surface area contributed by atoms with Gasteiger partial charge in [-0.25, -0.2) is 0 Å². The van der Waals surface area contributed by atoms with Crippen molar-refractivity contribution in [3.05, 3.63) is 41.5 Å². The number of hydrogen-bond donors (Lipinski definition) is 3. The molecule has 190 valence electrons. The van der Waals surface area contributed by atoms with Gasteiger partial charge in [0.25, 0.3) is 5.91 Å². The van der Waals surface area contributed by atoms with Gasteiger partial charge in [0.15, 0.2) is 6.61 Å². The van der Waals surface area contributed by atoms with Crippen molar-refractivity contribution in [3.8, 4) is 5.75 Å². The number of carbonyl (C=O) groups excluding carboxylic acids is 1. The summed E-state index contributed by atoms with van der Waals surface area (Å²) in [6.45, 7) is 5.24. The minimum absolute atomic E-state index is 0.0766. The van der Waals surface area contributed by atoms with Crippen molar-refractivity contribution >= 4 is 11.6 Å². The number of nitrogens with zero attached hydrogens (tertiary/aromatic N) is 1. The molecule has 6 heteroatoms. The molecule has 6 nitrogen and oxygen atoms in total. The summed E-state index contributed by atoms with van der Waals surface area (Å²) >= 11 is 0. The van der Waals surface area contributed by atoms with E-state index in [1.165, 1.54) is 24.8 Å². The summed E-state index contributed by atoms with van der Waals surface area (Å²) in [7, 11) is 0. The molecule has 35 heavy (non-hydrogen) atoms. The molecule has 3 N–H and O–H groups in total. The molecule has 1 amide bonds. The fourth-order valence-electron chi connectivity index (χ4n) is 7.85. The Kier molecular flexibility index (Phi) is 6.69. The average Bonchev–Trinajstić information content (AvgIpc) is 3.15. The van der Waals surface area contributed by atoms with Crippen molar-refractivity contribution in [2.24, 2.45) is 33.7 Å². The van der Waals surface area contributed by atoms with E-state index in [4.69, 9.17) is 4.84 Å². The van der Waals surface area contributed by atoms with Crippen LogP contribution in [0.2, 0.25) is 0 Å². The largest absolute Gasteiger partial charge is 0.508 e. The van der Waals surface area contributed by atoms with Gasteiger partial charge in [0, 0.05) is 6.54 Å². The van der Waals surface area contributed by atoms with E-state index in [0.717, 1.165) is 49.3 Å². The van der Waals surface area contributed by atoms with Crippen molar-refractivity contribution in [2.75, 3.05) is 13.2 Å². The zero-order valence-electron chi connectivity index (χ0n) is 21.1. The highest BCUT2D eigenvalue weighted by Crippen LogP contribution is 2.65. The number of hydrogen-bond acceptors (Lipinski definition) is 5. The number of benzene rings is 1. The molecule has 3 fully saturated rings. The summed E-state index contributed by atoms with van der Waals surface area (Å²) in [6.07, 6.45) is 11.7. The monoisotopic (exact) mass is 480 g/mol. The van der Waals surface area contributed by atoms with Crippen LogP contribution in [0.4, 0.5) is 0 Å². The molecule has 1 aromatic rings. The number of aliphatic hydroxyl groups is 1. The molecular weight excluding hydrogens is 440 g/mol. The van der Waals surface area contributed by atoms with E-state index in [2.05, 4.69) is 30.4 Å². The van der Waals surface area contributed by atoms with Gasteiger partial charge in [-0.15, -0.1) is 0 Å².